The quantitative estimate of drug-likeness (QED) is 0.330. The molecule has 1 saturated carbocycles. The van der Waals surface area contributed by atoms with Crippen LogP contribution in [0.2, 0.25) is 0 Å². The van der Waals surface area contributed by atoms with Crippen molar-refractivity contribution < 1.29 is 10.0 Å². The van der Waals surface area contributed by atoms with E-state index in [1.807, 2.05) is 0 Å². The first-order valence-electron chi connectivity index (χ1n) is 6.27. The van der Waals surface area contributed by atoms with Crippen LogP contribution in [-0.4, -0.2) is 32.6 Å². The third-order valence-corrected chi connectivity index (χ3v) is 3.94. The lowest BCUT2D eigenvalue weighted by atomic mass is 9.83. The minimum atomic E-state index is -0.445. The molecule has 1 aromatic heterocycles. The van der Waals surface area contributed by atoms with Gasteiger partial charge in [-0.1, -0.05) is 28.9 Å². The third-order valence-electron chi connectivity index (χ3n) is 3.43. The summed E-state index contributed by atoms with van der Waals surface area (Å²) in [5, 5.41) is 20.0. The molecule has 0 aliphatic heterocycles. The Bertz CT molecular complexity index is 442. The summed E-state index contributed by atoms with van der Waals surface area (Å²) >= 11 is 1.11. The standard InChI is InChI=1S/C11H17N5O2S/c12-10(15-18)9(7-4-2-1-3-5-7)13-11(17)8-6-19-16-14-8/h6-7,9,18H,1-5H2,(H2,12,15)(H,13,17). The molecule has 7 nitrogen and oxygen atoms in total. The zero-order chi connectivity index (χ0) is 13.7. The van der Waals surface area contributed by atoms with Gasteiger partial charge in [0.25, 0.3) is 5.91 Å². The Morgan fingerprint density at radius 2 is 2.26 bits per heavy atom. The maximum absolute atomic E-state index is 12.0. The van der Waals surface area contributed by atoms with Crippen LogP contribution in [-0.2, 0) is 0 Å². The van der Waals surface area contributed by atoms with E-state index >= 15 is 0 Å². The van der Waals surface area contributed by atoms with Gasteiger partial charge in [-0.15, -0.1) is 5.10 Å². The lowest BCUT2D eigenvalue weighted by Crippen LogP contribution is -2.49. The minimum Gasteiger partial charge on any atom is -0.409 e. The Labute approximate surface area is 115 Å². The summed E-state index contributed by atoms with van der Waals surface area (Å²) < 4.78 is 3.65. The SMILES string of the molecule is NC(=NO)C(NC(=O)c1csnn1)C1CCCCC1. The molecule has 1 atom stereocenters. The largest absolute Gasteiger partial charge is 0.409 e. The van der Waals surface area contributed by atoms with Crippen molar-refractivity contribution in [2.24, 2.45) is 16.8 Å². The van der Waals surface area contributed by atoms with E-state index in [2.05, 4.69) is 20.1 Å². The molecule has 1 aliphatic carbocycles. The molecule has 1 fully saturated rings. The molecule has 1 heterocycles. The molecule has 1 amide bonds. The number of hydrogen-bond donors (Lipinski definition) is 3. The molecule has 0 spiro atoms. The van der Waals surface area contributed by atoms with Gasteiger partial charge in [-0.25, -0.2) is 0 Å². The van der Waals surface area contributed by atoms with E-state index < -0.39 is 6.04 Å². The summed E-state index contributed by atoms with van der Waals surface area (Å²) in [7, 11) is 0. The number of nitrogens with two attached hydrogens (primary N) is 1. The molecule has 104 valence electrons. The average molecular weight is 283 g/mol. The number of hydrogen-bond acceptors (Lipinski definition) is 6. The Morgan fingerprint density at radius 1 is 1.53 bits per heavy atom. The van der Waals surface area contributed by atoms with Gasteiger partial charge in [0.1, 0.15) is 0 Å². The summed E-state index contributed by atoms with van der Waals surface area (Å²) in [5.41, 5.74) is 5.96. The molecule has 19 heavy (non-hydrogen) atoms. The molecule has 2 rings (SSSR count). The topological polar surface area (TPSA) is 113 Å². The van der Waals surface area contributed by atoms with Gasteiger partial charge in [0, 0.05) is 5.38 Å². The smallest absolute Gasteiger partial charge is 0.273 e. The predicted octanol–water partition coefficient (Wildman–Crippen LogP) is 0.963. The number of rotatable bonds is 4. The summed E-state index contributed by atoms with van der Waals surface area (Å²) in [6, 6.07) is -0.445. The maximum Gasteiger partial charge on any atom is 0.273 e. The van der Waals surface area contributed by atoms with Crippen LogP contribution in [0.25, 0.3) is 0 Å². The molecular formula is C11H17N5O2S. The van der Waals surface area contributed by atoms with E-state index in [1.54, 1.807) is 5.38 Å². The zero-order valence-electron chi connectivity index (χ0n) is 10.5. The number of amidine groups is 1. The van der Waals surface area contributed by atoms with Crippen LogP contribution >= 0.6 is 11.5 Å². The van der Waals surface area contributed by atoms with Crippen LogP contribution in [0.4, 0.5) is 0 Å². The van der Waals surface area contributed by atoms with Gasteiger partial charge in [-0.05, 0) is 30.3 Å². The van der Waals surface area contributed by atoms with Crippen LogP contribution in [0, 0.1) is 5.92 Å². The fourth-order valence-electron chi connectivity index (χ4n) is 2.44. The van der Waals surface area contributed by atoms with Crippen LogP contribution in [0.3, 0.4) is 0 Å². The molecule has 1 aliphatic rings. The summed E-state index contributed by atoms with van der Waals surface area (Å²) in [6.07, 6.45) is 5.35. The van der Waals surface area contributed by atoms with E-state index in [-0.39, 0.29) is 23.4 Å². The molecular weight excluding hydrogens is 266 g/mol. The highest BCUT2D eigenvalue weighted by atomic mass is 32.1. The number of nitrogens with zero attached hydrogens (tertiary/aromatic N) is 3. The number of carbonyl (C=O) groups excluding carboxylic acids is 1. The Balaban J connectivity index is 2.07. The number of amides is 1. The molecule has 0 radical (unpaired) electrons. The first-order chi connectivity index (χ1) is 9.22. The predicted molar refractivity (Wildman–Crippen MR) is 71.1 cm³/mol. The van der Waals surface area contributed by atoms with Crippen molar-refractivity contribution in [3.63, 3.8) is 0 Å². The second-order valence-electron chi connectivity index (χ2n) is 4.66. The highest BCUT2D eigenvalue weighted by molar-refractivity contribution is 7.03. The number of nitrogens with one attached hydrogen (secondary N) is 1. The monoisotopic (exact) mass is 283 g/mol. The fraction of sp³-hybridized carbons (Fsp3) is 0.636. The van der Waals surface area contributed by atoms with E-state index in [0.29, 0.717) is 0 Å². The van der Waals surface area contributed by atoms with Crippen molar-refractivity contribution >= 4 is 23.3 Å². The highest BCUT2D eigenvalue weighted by Gasteiger charge is 2.29. The first kappa shape index (κ1) is 13.7. The van der Waals surface area contributed by atoms with Crippen LogP contribution in [0.15, 0.2) is 10.5 Å². The number of aromatic nitrogens is 2. The molecule has 0 aromatic carbocycles. The van der Waals surface area contributed by atoms with Gasteiger partial charge in [-0.2, -0.15) is 0 Å². The number of carbonyl (C=O) groups is 1. The molecule has 1 unspecified atom stereocenters. The molecule has 1 aromatic rings. The van der Waals surface area contributed by atoms with Crippen molar-refractivity contribution in [3.05, 3.63) is 11.1 Å². The molecule has 0 saturated heterocycles. The second-order valence-corrected chi connectivity index (χ2v) is 5.27. The number of oxime groups is 1. The summed E-state index contributed by atoms with van der Waals surface area (Å²) in [5.74, 6) is -0.0837. The minimum absolute atomic E-state index is 0.0449. The Hall–Kier alpha value is -1.70. The molecule has 8 heteroatoms. The molecule has 4 N–H and O–H groups in total. The van der Waals surface area contributed by atoms with E-state index in [9.17, 15) is 4.79 Å². The fourth-order valence-corrected chi connectivity index (χ4v) is 2.88. The van der Waals surface area contributed by atoms with Gasteiger partial charge in [0.05, 0.1) is 6.04 Å². The van der Waals surface area contributed by atoms with Crippen molar-refractivity contribution in [2.45, 2.75) is 38.1 Å². The van der Waals surface area contributed by atoms with E-state index in [4.69, 9.17) is 10.9 Å². The average Bonchev–Trinajstić information content (AvgIpc) is 2.99. The van der Waals surface area contributed by atoms with Crippen LogP contribution < -0.4 is 11.1 Å². The van der Waals surface area contributed by atoms with Crippen LogP contribution in [0.1, 0.15) is 42.6 Å². The zero-order valence-corrected chi connectivity index (χ0v) is 11.3. The highest BCUT2D eigenvalue weighted by Crippen LogP contribution is 2.26. The van der Waals surface area contributed by atoms with Crippen molar-refractivity contribution in [2.75, 3.05) is 0 Å². The Kier molecular flexibility index (Phi) is 4.67. The van der Waals surface area contributed by atoms with E-state index in [1.165, 1.54) is 6.42 Å². The van der Waals surface area contributed by atoms with Gasteiger partial charge in [0.2, 0.25) is 0 Å². The third kappa shape index (κ3) is 3.40. The second kappa shape index (κ2) is 6.46. The van der Waals surface area contributed by atoms with Crippen molar-refractivity contribution in [1.82, 2.24) is 14.9 Å². The maximum atomic E-state index is 12.0. The van der Waals surface area contributed by atoms with Gasteiger partial charge in [-0.3, -0.25) is 4.79 Å². The Morgan fingerprint density at radius 3 is 2.84 bits per heavy atom. The lowest BCUT2D eigenvalue weighted by Gasteiger charge is -2.29. The van der Waals surface area contributed by atoms with E-state index in [0.717, 1.165) is 37.2 Å². The summed E-state index contributed by atoms with van der Waals surface area (Å²) in [4.78, 5) is 12.0. The van der Waals surface area contributed by atoms with Gasteiger partial charge in [0.15, 0.2) is 11.5 Å². The molecule has 0 bridgehead atoms. The van der Waals surface area contributed by atoms with Crippen LogP contribution in [0.5, 0.6) is 0 Å². The lowest BCUT2D eigenvalue weighted by molar-refractivity contribution is 0.0925. The normalized spacial score (nSPS) is 19.1. The van der Waals surface area contributed by atoms with Gasteiger partial charge < -0.3 is 16.3 Å². The van der Waals surface area contributed by atoms with Crippen molar-refractivity contribution in [3.8, 4) is 0 Å². The summed E-state index contributed by atoms with van der Waals surface area (Å²) in [6.45, 7) is 0. The van der Waals surface area contributed by atoms with Crippen molar-refractivity contribution in [1.29, 1.82) is 0 Å². The van der Waals surface area contributed by atoms with Gasteiger partial charge >= 0.3 is 0 Å². The first-order valence-corrected chi connectivity index (χ1v) is 7.11.